The maximum atomic E-state index is 12.4. The van der Waals surface area contributed by atoms with Gasteiger partial charge in [0.15, 0.2) is 16.6 Å². The Morgan fingerprint density at radius 3 is 2.74 bits per heavy atom. The molecule has 0 fully saturated rings. The van der Waals surface area contributed by atoms with Gasteiger partial charge in [-0.25, -0.2) is 4.98 Å². The van der Waals surface area contributed by atoms with E-state index in [0.29, 0.717) is 24.8 Å². The van der Waals surface area contributed by atoms with Crippen molar-refractivity contribution in [1.29, 1.82) is 0 Å². The summed E-state index contributed by atoms with van der Waals surface area (Å²) in [6.07, 6.45) is 0.420. The zero-order chi connectivity index (χ0) is 18.6. The Bertz CT molecular complexity index is 940. The molecule has 1 amide bonds. The molecule has 0 radical (unpaired) electrons. The Hall–Kier alpha value is -2.86. The highest BCUT2D eigenvalue weighted by Crippen LogP contribution is 2.35. The number of anilines is 1. The first-order valence-corrected chi connectivity index (χ1v) is 9.77. The minimum atomic E-state index is -0.0329. The normalized spacial score (nSPS) is 13.8. The number of carbonyl (C=O) groups excluding carboxylic acids is 1. The van der Waals surface area contributed by atoms with Gasteiger partial charge in [-0.15, -0.1) is 11.3 Å². The predicted molar refractivity (Wildman–Crippen MR) is 107 cm³/mol. The van der Waals surface area contributed by atoms with Crippen LogP contribution in [0.5, 0.6) is 11.5 Å². The lowest BCUT2D eigenvalue weighted by atomic mass is 9.98. The Labute approximate surface area is 162 Å². The van der Waals surface area contributed by atoms with Crippen molar-refractivity contribution in [2.75, 3.05) is 18.5 Å². The lowest BCUT2D eigenvalue weighted by Crippen LogP contribution is -2.15. The fraction of sp³-hybridized carbons (Fsp3) is 0.238. The third-order valence-corrected chi connectivity index (χ3v) is 5.21. The number of hydrogen-bond donors (Lipinski definition) is 1. The van der Waals surface area contributed by atoms with E-state index in [1.54, 1.807) is 0 Å². The molecular formula is C21H20N2O3S. The molecule has 1 atom stereocenters. The fourth-order valence-corrected chi connectivity index (χ4v) is 3.75. The van der Waals surface area contributed by atoms with Gasteiger partial charge in [-0.2, -0.15) is 0 Å². The van der Waals surface area contributed by atoms with E-state index in [1.165, 1.54) is 11.3 Å². The van der Waals surface area contributed by atoms with E-state index in [9.17, 15) is 4.79 Å². The van der Waals surface area contributed by atoms with Gasteiger partial charge in [-0.05, 0) is 29.7 Å². The summed E-state index contributed by atoms with van der Waals surface area (Å²) in [6, 6.07) is 15.8. The van der Waals surface area contributed by atoms with Crippen molar-refractivity contribution in [1.82, 2.24) is 4.98 Å². The first-order chi connectivity index (χ1) is 13.2. The summed E-state index contributed by atoms with van der Waals surface area (Å²) in [5.74, 6) is 1.61. The van der Waals surface area contributed by atoms with Crippen molar-refractivity contribution in [3.05, 3.63) is 59.5 Å². The van der Waals surface area contributed by atoms with Gasteiger partial charge in [0.25, 0.3) is 0 Å². The van der Waals surface area contributed by atoms with Crippen molar-refractivity contribution >= 4 is 22.4 Å². The molecular weight excluding hydrogens is 360 g/mol. The van der Waals surface area contributed by atoms with Crippen LogP contribution in [-0.4, -0.2) is 24.1 Å². The quantitative estimate of drug-likeness (QED) is 0.696. The number of hydrogen-bond acceptors (Lipinski definition) is 5. The van der Waals surface area contributed by atoms with Crippen LogP contribution in [0.25, 0.3) is 11.3 Å². The van der Waals surface area contributed by atoms with Crippen LogP contribution in [-0.2, 0) is 4.79 Å². The standard InChI is InChI=1S/C21H20N2O3S/c1-14(15-5-3-2-4-6-15)11-20(24)23-21-22-17(13-27-21)16-7-8-18-19(12-16)26-10-9-25-18/h2-8,12-14H,9-11H2,1H3,(H,22,23,24)/t14-/m1/s1. The van der Waals surface area contributed by atoms with Gasteiger partial charge in [-0.3, -0.25) is 4.79 Å². The third kappa shape index (κ3) is 4.11. The molecule has 1 N–H and O–H groups in total. The lowest BCUT2D eigenvalue weighted by Gasteiger charge is -2.18. The first-order valence-electron chi connectivity index (χ1n) is 8.89. The molecule has 0 spiro atoms. The topological polar surface area (TPSA) is 60.5 Å². The van der Waals surface area contributed by atoms with Crippen molar-refractivity contribution in [2.24, 2.45) is 0 Å². The second-order valence-corrected chi connectivity index (χ2v) is 7.32. The SMILES string of the molecule is C[C@H](CC(=O)Nc1nc(-c2ccc3c(c2)OCCO3)cs1)c1ccccc1. The van der Waals surface area contributed by atoms with Gasteiger partial charge >= 0.3 is 0 Å². The third-order valence-electron chi connectivity index (χ3n) is 4.45. The summed E-state index contributed by atoms with van der Waals surface area (Å²) in [6.45, 7) is 3.17. The number of carbonyl (C=O) groups is 1. The van der Waals surface area contributed by atoms with Crippen LogP contribution >= 0.6 is 11.3 Å². The molecule has 27 heavy (non-hydrogen) atoms. The number of amides is 1. The van der Waals surface area contributed by atoms with Gasteiger partial charge in [0, 0.05) is 17.4 Å². The van der Waals surface area contributed by atoms with Gasteiger partial charge < -0.3 is 14.8 Å². The smallest absolute Gasteiger partial charge is 0.226 e. The molecule has 0 saturated carbocycles. The van der Waals surface area contributed by atoms with E-state index >= 15 is 0 Å². The zero-order valence-corrected chi connectivity index (χ0v) is 15.8. The van der Waals surface area contributed by atoms with Crippen LogP contribution in [0.1, 0.15) is 24.8 Å². The maximum absolute atomic E-state index is 12.4. The molecule has 2 heterocycles. The Morgan fingerprint density at radius 1 is 1.15 bits per heavy atom. The maximum Gasteiger partial charge on any atom is 0.226 e. The summed E-state index contributed by atoms with van der Waals surface area (Å²) in [4.78, 5) is 16.9. The van der Waals surface area contributed by atoms with Gasteiger partial charge in [0.2, 0.25) is 5.91 Å². The lowest BCUT2D eigenvalue weighted by molar-refractivity contribution is -0.116. The van der Waals surface area contributed by atoms with Gasteiger partial charge in [0.05, 0.1) is 5.69 Å². The summed E-state index contributed by atoms with van der Waals surface area (Å²) < 4.78 is 11.2. The fourth-order valence-electron chi connectivity index (χ4n) is 3.01. The number of fused-ring (bicyclic) bond motifs is 1. The molecule has 0 unspecified atom stereocenters. The van der Waals surface area contributed by atoms with Crippen LogP contribution < -0.4 is 14.8 Å². The monoisotopic (exact) mass is 380 g/mol. The highest BCUT2D eigenvalue weighted by Gasteiger charge is 2.15. The number of rotatable bonds is 5. The summed E-state index contributed by atoms with van der Waals surface area (Å²) in [5.41, 5.74) is 2.90. The Balaban J connectivity index is 1.41. The average molecular weight is 380 g/mol. The van der Waals surface area contributed by atoms with E-state index in [1.807, 2.05) is 53.9 Å². The van der Waals surface area contributed by atoms with Crippen LogP contribution in [0, 0.1) is 0 Å². The summed E-state index contributed by atoms with van der Waals surface area (Å²) >= 11 is 1.42. The second-order valence-electron chi connectivity index (χ2n) is 6.46. The molecule has 4 rings (SSSR count). The number of ether oxygens (including phenoxy) is 2. The largest absolute Gasteiger partial charge is 0.486 e. The second kappa shape index (κ2) is 7.80. The van der Waals surface area contributed by atoms with Crippen molar-refractivity contribution < 1.29 is 14.3 Å². The summed E-state index contributed by atoms with van der Waals surface area (Å²) in [7, 11) is 0. The molecule has 5 nitrogen and oxygen atoms in total. The van der Waals surface area contributed by atoms with Crippen LogP contribution in [0.15, 0.2) is 53.9 Å². The molecule has 0 saturated heterocycles. The minimum Gasteiger partial charge on any atom is -0.486 e. The van der Waals surface area contributed by atoms with E-state index in [0.717, 1.165) is 28.3 Å². The molecule has 138 valence electrons. The number of benzene rings is 2. The molecule has 1 aliphatic rings. The van der Waals surface area contributed by atoms with Crippen molar-refractivity contribution in [3.8, 4) is 22.8 Å². The highest BCUT2D eigenvalue weighted by atomic mass is 32.1. The Morgan fingerprint density at radius 2 is 1.93 bits per heavy atom. The average Bonchev–Trinajstić information content (AvgIpc) is 3.16. The van der Waals surface area contributed by atoms with Crippen molar-refractivity contribution in [3.63, 3.8) is 0 Å². The molecule has 0 aliphatic carbocycles. The van der Waals surface area contributed by atoms with Gasteiger partial charge in [-0.1, -0.05) is 37.3 Å². The number of nitrogens with one attached hydrogen (secondary N) is 1. The summed E-state index contributed by atoms with van der Waals surface area (Å²) in [5, 5.41) is 5.44. The van der Waals surface area contributed by atoms with Crippen LogP contribution in [0.3, 0.4) is 0 Å². The van der Waals surface area contributed by atoms with Crippen LogP contribution in [0.4, 0.5) is 5.13 Å². The van der Waals surface area contributed by atoms with Crippen LogP contribution in [0.2, 0.25) is 0 Å². The molecule has 1 aromatic heterocycles. The molecule has 1 aliphatic heterocycles. The number of aromatic nitrogens is 1. The number of thiazole rings is 1. The van der Waals surface area contributed by atoms with E-state index in [2.05, 4.69) is 17.2 Å². The Kier molecular flexibility index (Phi) is 5.07. The van der Waals surface area contributed by atoms with E-state index < -0.39 is 0 Å². The minimum absolute atomic E-state index is 0.0329. The number of nitrogens with zero attached hydrogens (tertiary/aromatic N) is 1. The molecule has 6 heteroatoms. The molecule has 3 aromatic rings. The highest BCUT2D eigenvalue weighted by molar-refractivity contribution is 7.14. The molecule has 2 aromatic carbocycles. The predicted octanol–water partition coefficient (Wildman–Crippen LogP) is 4.71. The molecule has 0 bridgehead atoms. The first kappa shape index (κ1) is 17.5. The van der Waals surface area contributed by atoms with Crippen molar-refractivity contribution in [2.45, 2.75) is 19.3 Å². The van der Waals surface area contributed by atoms with E-state index in [-0.39, 0.29) is 11.8 Å². The zero-order valence-electron chi connectivity index (χ0n) is 15.0. The van der Waals surface area contributed by atoms with Gasteiger partial charge in [0.1, 0.15) is 13.2 Å². The van der Waals surface area contributed by atoms with E-state index in [4.69, 9.17) is 9.47 Å².